The summed E-state index contributed by atoms with van der Waals surface area (Å²) in [5.41, 5.74) is 3.06. The summed E-state index contributed by atoms with van der Waals surface area (Å²) in [4.78, 5) is 0. The van der Waals surface area contributed by atoms with Crippen molar-refractivity contribution in [2.75, 3.05) is 35.5 Å². The third-order valence-electron chi connectivity index (χ3n) is 6.08. The van der Waals surface area contributed by atoms with Gasteiger partial charge in [0.25, 0.3) is 0 Å². The van der Waals surface area contributed by atoms with Crippen molar-refractivity contribution < 1.29 is 37.6 Å². The van der Waals surface area contributed by atoms with Crippen molar-refractivity contribution in [1.82, 2.24) is 0 Å². The monoisotopic (exact) mass is 536 g/mol. The number of fused-ring (bicyclic) bond motifs is 1. The van der Waals surface area contributed by atoms with Crippen molar-refractivity contribution in [3.63, 3.8) is 0 Å². The normalized spacial score (nSPS) is 11.2. The van der Waals surface area contributed by atoms with E-state index in [0.29, 0.717) is 51.6 Å². The molecule has 0 radical (unpaired) electrons. The Bertz CT molecular complexity index is 1430. The van der Waals surface area contributed by atoms with Gasteiger partial charge in [-0.2, -0.15) is 0 Å². The number of hydrogen-bond donors (Lipinski definition) is 0. The molecule has 0 aliphatic heterocycles. The first-order chi connectivity index (χ1) is 18.7. The van der Waals surface area contributed by atoms with E-state index in [4.69, 9.17) is 37.6 Å². The van der Waals surface area contributed by atoms with Gasteiger partial charge in [0, 0.05) is 22.6 Å². The van der Waals surface area contributed by atoms with Crippen LogP contribution in [0.25, 0.3) is 33.4 Å². The Kier molecular flexibility index (Phi) is 8.33. The van der Waals surface area contributed by atoms with Crippen LogP contribution in [-0.2, 0) is 0 Å². The molecule has 0 atom stereocenters. The SMILES string of the molecule is COc1ccc(-c2oc3cc(OC(C)C)c(OC)cc3c2-c2cc(OC)c(OC)c(OC)c2)cc1OC(C)C. The summed E-state index contributed by atoms with van der Waals surface area (Å²) < 4.78 is 46.8. The summed E-state index contributed by atoms with van der Waals surface area (Å²) in [7, 11) is 7.99. The van der Waals surface area contributed by atoms with Crippen LogP contribution in [0.5, 0.6) is 40.2 Å². The lowest BCUT2D eigenvalue weighted by molar-refractivity contribution is 0.230. The van der Waals surface area contributed by atoms with Gasteiger partial charge in [-0.05, 0) is 69.7 Å². The van der Waals surface area contributed by atoms with Crippen LogP contribution in [-0.4, -0.2) is 47.8 Å². The van der Waals surface area contributed by atoms with Crippen LogP contribution in [0, 0.1) is 0 Å². The van der Waals surface area contributed by atoms with Crippen molar-refractivity contribution in [2.24, 2.45) is 0 Å². The summed E-state index contributed by atoms with van der Waals surface area (Å²) in [6.45, 7) is 7.87. The highest BCUT2D eigenvalue weighted by Gasteiger charge is 2.25. The molecule has 8 nitrogen and oxygen atoms in total. The molecule has 0 bridgehead atoms. The standard InChI is InChI=1S/C31H36O8/c1-17(2)37-25-12-19(10-11-22(25)32-5)30-29(20-13-27(34-7)31(36-9)28(14-20)35-8)21-15-24(33-6)26(38-18(3)4)16-23(21)39-30/h10-18H,1-9H3. The van der Waals surface area contributed by atoms with Gasteiger partial charge in [0.15, 0.2) is 34.5 Å². The van der Waals surface area contributed by atoms with Crippen molar-refractivity contribution >= 4 is 11.0 Å². The van der Waals surface area contributed by atoms with E-state index in [1.165, 1.54) is 0 Å². The molecule has 0 fully saturated rings. The minimum Gasteiger partial charge on any atom is -0.493 e. The molecule has 0 saturated heterocycles. The lowest BCUT2D eigenvalue weighted by atomic mass is 9.97. The van der Waals surface area contributed by atoms with Gasteiger partial charge in [-0.25, -0.2) is 0 Å². The van der Waals surface area contributed by atoms with Gasteiger partial charge < -0.3 is 37.6 Å². The molecular formula is C31H36O8. The van der Waals surface area contributed by atoms with Gasteiger partial charge in [0.2, 0.25) is 5.75 Å². The molecule has 0 saturated carbocycles. The van der Waals surface area contributed by atoms with E-state index in [1.54, 1.807) is 35.5 Å². The maximum absolute atomic E-state index is 6.55. The first-order valence-electron chi connectivity index (χ1n) is 12.7. The minimum atomic E-state index is -0.0438. The average molecular weight is 537 g/mol. The molecule has 8 heteroatoms. The lowest BCUT2D eigenvalue weighted by Gasteiger charge is -2.16. The molecule has 39 heavy (non-hydrogen) atoms. The fourth-order valence-corrected chi connectivity index (χ4v) is 4.49. The summed E-state index contributed by atoms with van der Waals surface area (Å²) in [6.07, 6.45) is -0.0860. The van der Waals surface area contributed by atoms with E-state index in [0.717, 1.165) is 22.1 Å². The summed E-state index contributed by atoms with van der Waals surface area (Å²) >= 11 is 0. The quantitative estimate of drug-likeness (QED) is 0.196. The Morgan fingerprint density at radius 1 is 0.538 bits per heavy atom. The molecule has 4 aromatic rings. The number of furan rings is 1. The van der Waals surface area contributed by atoms with Crippen LogP contribution < -0.4 is 33.2 Å². The highest BCUT2D eigenvalue weighted by atomic mass is 16.5. The van der Waals surface area contributed by atoms with Crippen LogP contribution in [0.15, 0.2) is 46.9 Å². The predicted octanol–water partition coefficient (Wildman–Crippen LogP) is 7.38. The second-order valence-electron chi connectivity index (χ2n) is 9.42. The van der Waals surface area contributed by atoms with E-state index < -0.39 is 0 Å². The predicted molar refractivity (Wildman–Crippen MR) is 151 cm³/mol. The van der Waals surface area contributed by atoms with E-state index in [1.807, 2.05) is 70.2 Å². The minimum absolute atomic E-state index is 0.0422. The molecule has 0 amide bonds. The van der Waals surface area contributed by atoms with Crippen LogP contribution in [0.4, 0.5) is 0 Å². The van der Waals surface area contributed by atoms with E-state index >= 15 is 0 Å². The molecule has 0 aliphatic carbocycles. The zero-order valence-corrected chi connectivity index (χ0v) is 24.0. The Balaban J connectivity index is 2.07. The number of methoxy groups -OCH3 is 5. The Morgan fingerprint density at radius 2 is 1.08 bits per heavy atom. The molecule has 4 rings (SSSR count). The second kappa shape index (κ2) is 11.7. The zero-order valence-electron chi connectivity index (χ0n) is 24.0. The number of ether oxygens (including phenoxy) is 7. The fourth-order valence-electron chi connectivity index (χ4n) is 4.49. The molecule has 1 heterocycles. The average Bonchev–Trinajstić information content (AvgIpc) is 3.29. The number of benzene rings is 3. The third-order valence-corrected chi connectivity index (χ3v) is 6.08. The van der Waals surface area contributed by atoms with Crippen LogP contribution in [0.1, 0.15) is 27.7 Å². The van der Waals surface area contributed by atoms with Crippen molar-refractivity contribution in [1.29, 1.82) is 0 Å². The topological polar surface area (TPSA) is 77.8 Å². The smallest absolute Gasteiger partial charge is 0.203 e. The molecule has 208 valence electrons. The van der Waals surface area contributed by atoms with Gasteiger partial charge >= 0.3 is 0 Å². The van der Waals surface area contributed by atoms with E-state index in [-0.39, 0.29) is 12.2 Å². The molecule has 1 aromatic heterocycles. The van der Waals surface area contributed by atoms with Gasteiger partial charge in [0.05, 0.1) is 47.8 Å². The Labute approximate surface area is 229 Å². The highest BCUT2D eigenvalue weighted by molar-refractivity contribution is 6.03. The number of hydrogen-bond acceptors (Lipinski definition) is 8. The van der Waals surface area contributed by atoms with Gasteiger partial charge in [-0.3, -0.25) is 0 Å². The molecular weight excluding hydrogens is 500 g/mol. The maximum atomic E-state index is 6.55. The second-order valence-corrected chi connectivity index (χ2v) is 9.42. The number of rotatable bonds is 11. The third kappa shape index (κ3) is 5.50. The lowest BCUT2D eigenvalue weighted by Crippen LogP contribution is -2.06. The molecule has 0 N–H and O–H groups in total. The zero-order chi connectivity index (χ0) is 28.3. The van der Waals surface area contributed by atoms with Gasteiger partial charge in [-0.1, -0.05) is 0 Å². The largest absolute Gasteiger partial charge is 0.493 e. The summed E-state index contributed by atoms with van der Waals surface area (Å²) in [6, 6.07) is 13.3. The Hall–Kier alpha value is -4.20. The van der Waals surface area contributed by atoms with Crippen LogP contribution in [0.2, 0.25) is 0 Å². The molecule has 0 spiro atoms. The molecule has 0 aliphatic rings. The Morgan fingerprint density at radius 3 is 1.59 bits per heavy atom. The van der Waals surface area contributed by atoms with Crippen molar-refractivity contribution in [3.8, 4) is 62.7 Å². The van der Waals surface area contributed by atoms with E-state index in [9.17, 15) is 0 Å². The highest BCUT2D eigenvalue weighted by Crippen LogP contribution is 2.49. The van der Waals surface area contributed by atoms with Gasteiger partial charge in [-0.15, -0.1) is 0 Å². The first-order valence-corrected chi connectivity index (χ1v) is 12.7. The van der Waals surface area contributed by atoms with Crippen LogP contribution in [0.3, 0.4) is 0 Å². The van der Waals surface area contributed by atoms with Crippen molar-refractivity contribution in [3.05, 3.63) is 42.5 Å². The summed E-state index contributed by atoms with van der Waals surface area (Å²) in [5.74, 6) is 4.61. The fraction of sp³-hybridized carbons (Fsp3) is 0.355. The van der Waals surface area contributed by atoms with Crippen LogP contribution >= 0.6 is 0 Å². The maximum Gasteiger partial charge on any atom is 0.203 e. The van der Waals surface area contributed by atoms with Gasteiger partial charge in [0.1, 0.15) is 11.3 Å². The first kappa shape index (κ1) is 27.8. The molecule has 0 unspecified atom stereocenters. The van der Waals surface area contributed by atoms with Crippen molar-refractivity contribution in [2.45, 2.75) is 39.9 Å². The molecule has 3 aromatic carbocycles. The summed E-state index contributed by atoms with van der Waals surface area (Å²) in [5, 5.41) is 0.828. The van der Waals surface area contributed by atoms with E-state index in [2.05, 4.69) is 0 Å².